The molecule has 1 N–H and O–H groups in total. The molecule has 1 atom stereocenters. The Morgan fingerprint density at radius 1 is 1.44 bits per heavy atom. The molecule has 1 saturated heterocycles. The van der Waals surface area contributed by atoms with E-state index in [0.29, 0.717) is 12.0 Å². The van der Waals surface area contributed by atoms with Gasteiger partial charge in [0.25, 0.3) is 0 Å². The van der Waals surface area contributed by atoms with Gasteiger partial charge in [-0.15, -0.1) is 0 Å². The summed E-state index contributed by atoms with van der Waals surface area (Å²) in [6.07, 6.45) is 2.34. The van der Waals surface area contributed by atoms with E-state index >= 15 is 0 Å². The lowest BCUT2D eigenvalue weighted by Gasteiger charge is -2.22. The van der Waals surface area contributed by atoms with Crippen LogP contribution in [0.2, 0.25) is 0 Å². The van der Waals surface area contributed by atoms with E-state index in [1.165, 1.54) is 6.42 Å². The Balaban J connectivity index is 2.08. The fourth-order valence-corrected chi connectivity index (χ4v) is 2.03. The predicted octanol–water partition coefficient (Wildman–Crippen LogP) is 2.80. The van der Waals surface area contributed by atoms with Crippen molar-refractivity contribution in [2.45, 2.75) is 38.6 Å². The zero-order valence-corrected chi connectivity index (χ0v) is 10.1. The van der Waals surface area contributed by atoms with E-state index in [2.05, 4.69) is 36.3 Å². The minimum atomic E-state index is 0.422. The van der Waals surface area contributed by atoms with Gasteiger partial charge in [-0.25, -0.2) is 4.98 Å². The van der Waals surface area contributed by atoms with Crippen molar-refractivity contribution >= 4 is 5.82 Å². The van der Waals surface area contributed by atoms with Gasteiger partial charge in [-0.3, -0.25) is 0 Å². The van der Waals surface area contributed by atoms with Crippen LogP contribution in [0.25, 0.3) is 0 Å². The predicted molar refractivity (Wildman–Crippen MR) is 65.8 cm³/mol. The summed E-state index contributed by atoms with van der Waals surface area (Å²) in [6.45, 7) is 5.97. The molecule has 1 aromatic rings. The summed E-state index contributed by atoms with van der Waals surface area (Å²) in [5, 5.41) is 3.33. The summed E-state index contributed by atoms with van der Waals surface area (Å²) >= 11 is 0. The monoisotopic (exact) mass is 220 g/mol. The molecule has 2 rings (SSSR count). The number of nitrogens with one attached hydrogen (secondary N) is 1. The Labute approximate surface area is 97.2 Å². The van der Waals surface area contributed by atoms with Crippen LogP contribution in [0.5, 0.6) is 0 Å². The van der Waals surface area contributed by atoms with E-state index in [0.717, 1.165) is 31.1 Å². The van der Waals surface area contributed by atoms with E-state index in [1.54, 1.807) is 0 Å². The standard InChI is InChI=1S/C13H20N2O/c1-10(2)14-13-7-3-6-12(15-13)11-5-4-8-16-9-11/h3,6-7,10-11H,4-5,8-9H2,1-2H3,(H,14,15)/t11-/m0/s1. The SMILES string of the molecule is CC(C)Nc1cccc([C@H]2CCCOC2)n1. The third-order valence-electron chi connectivity index (χ3n) is 2.79. The number of hydrogen-bond acceptors (Lipinski definition) is 3. The molecule has 0 unspecified atom stereocenters. The maximum atomic E-state index is 5.50. The summed E-state index contributed by atoms with van der Waals surface area (Å²) < 4.78 is 5.50. The largest absolute Gasteiger partial charge is 0.381 e. The number of ether oxygens (including phenoxy) is 1. The second kappa shape index (κ2) is 5.30. The first-order valence-electron chi connectivity index (χ1n) is 6.07. The maximum Gasteiger partial charge on any atom is 0.126 e. The van der Waals surface area contributed by atoms with Crippen molar-refractivity contribution in [1.29, 1.82) is 0 Å². The zero-order valence-electron chi connectivity index (χ0n) is 10.1. The van der Waals surface area contributed by atoms with E-state index in [-0.39, 0.29) is 0 Å². The van der Waals surface area contributed by atoms with Gasteiger partial charge in [-0.1, -0.05) is 6.07 Å². The minimum absolute atomic E-state index is 0.422. The van der Waals surface area contributed by atoms with E-state index in [1.807, 2.05) is 6.07 Å². The molecule has 1 aliphatic rings. The smallest absolute Gasteiger partial charge is 0.126 e. The van der Waals surface area contributed by atoms with Crippen LogP contribution < -0.4 is 5.32 Å². The van der Waals surface area contributed by atoms with Gasteiger partial charge in [-0.05, 0) is 38.8 Å². The lowest BCUT2D eigenvalue weighted by Crippen LogP contribution is -2.18. The van der Waals surface area contributed by atoms with Crippen molar-refractivity contribution in [2.75, 3.05) is 18.5 Å². The highest BCUT2D eigenvalue weighted by atomic mass is 16.5. The average molecular weight is 220 g/mol. The lowest BCUT2D eigenvalue weighted by molar-refractivity contribution is 0.0793. The van der Waals surface area contributed by atoms with Gasteiger partial charge in [0.1, 0.15) is 5.82 Å². The Morgan fingerprint density at radius 2 is 2.31 bits per heavy atom. The van der Waals surface area contributed by atoms with Gasteiger partial charge in [0.15, 0.2) is 0 Å². The molecule has 0 radical (unpaired) electrons. The molecular weight excluding hydrogens is 200 g/mol. The quantitative estimate of drug-likeness (QED) is 0.850. The van der Waals surface area contributed by atoms with Crippen LogP contribution in [0.15, 0.2) is 18.2 Å². The Kier molecular flexibility index (Phi) is 3.78. The third kappa shape index (κ3) is 2.95. The van der Waals surface area contributed by atoms with Crippen LogP contribution in [-0.2, 0) is 4.74 Å². The topological polar surface area (TPSA) is 34.1 Å². The highest BCUT2D eigenvalue weighted by Crippen LogP contribution is 2.24. The molecule has 0 saturated carbocycles. The van der Waals surface area contributed by atoms with Crippen molar-refractivity contribution in [1.82, 2.24) is 4.98 Å². The van der Waals surface area contributed by atoms with Crippen molar-refractivity contribution < 1.29 is 4.74 Å². The third-order valence-corrected chi connectivity index (χ3v) is 2.79. The summed E-state index contributed by atoms with van der Waals surface area (Å²) in [5.74, 6) is 1.45. The van der Waals surface area contributed by atoms with Crippen molar-refractivity contribution in [2.24, 2.45) is 0 Å². The lowest BCUT2D eigenvalue weighted by atomic mass is 9.98. The van der Waals surface area contributed by atoms with Crippen LogP contribution >= 0.6 is 0 Å². The van der Waals surface area contributed by atoms with E-state index in [9.17, 15) is 0 Å². The van der Waals surface area contributed by atoms with Crippen LogP contribution in [0.3, 0.4) is 0 Å². The first-order chi connectivity index (χ1) is 7.75. The Morgan fingerprint density at radius 3 is 3.00 bits per heavy atom. The number of anilines is 1. The molecule has 0 aromatic carbocycles. The fraction of sp³-hybridized carbons (Fsp3) is 0.615. The van der Waals surface area contributed by atoms with Crippen molar-refractivity contribution in [3.05, 3.63) is 23.9 Å². The molecule has 0 amide bonds. The molecular formula is C13H20N2O. The van der Waals surface area contributed by atoms with Crippen LogP contribution in [0, 0.1) is 0 Å². The highest BCUT2D eigenvalue weighted by Gasteiger charge is 2.17. The van der Waals surface area contributed by atoms with Crippen LogP contribution in [-0.4, -0.2) is 24.2 Å². The van der Waals surface area contributed by atoms with E-state index < -0.39 is 0 Å². The summed E-state index contributed by atoms with van der Waals surface area (Å²) in [4.78, 5) is 4.65. The van der Waals surface area contributed by atoms with Crippen molar-refractivity contribution in [3.8, 4) is 0 Å². The van der Waals surface area contributed by atoms with E-state index in [4.69, 9.17) is 4.74 Å². The van der Waals surface area contributed by atoms with Gasteiger partial charge in [0.2, 0.25) is 0 Å². The molecule has 16 heavy (non-hydrogen) atoms. The van der Waals surface area contributed by atoms with Gasteiger partial charge in [0.05, 0.1) is 6.61 Å². The molecule has 3 heteroatoms. The minimum Gasteiger partial charge on any atom is -0.381 e. The molecule has 0 spiro atoms. The van der Waals surface area contributed by atoms with Crippen LogP contribution in [0.1, 0.15) is 38.3 Å². The van der Waals surface area contributed by atoms with Gasteiger partial charge < -0.3 is 10.1 Å². The Hall–Kier alpha value is -1.09. The average Bonchev–Trinajstić information content (AvgIpc) is 2.30. The summed E-state index contributed by atoms with van der Waals surface area (Å²) in [5.41, 5.74) is 1.16. The first-order valence-corrected chi connectivity index (χ1v) is 6.07. The number of pyridine rings is 1. The van der Waals surface area contributed by atoms with Gasteiger partial charge >= 0.3 is 0 Å². The van der Waals surface area contributed by atoms with Crippen molar-refractivity contribution in [3.63, 3.8) is 0 Å². The zero-order chi connectivity index (χ0) is 11.4. The molecule has 0 bridgehead atoms. The molecule has 1 aromatic heterocycles. The second-order valence-corrected chi connectivity index (χ2v) is 4.66. The van der Waals surface area contributed by atoms with Crippen LogP contribution in [0.4, 0.5) is 5.82 Å². The normalized spacial score (nSPS) is 21.1. The fourth-order valence-electron chi connectivity index (χ4n) is 2.03. The second-order valence-electron chi connectivity index (χ2n) is 4.66. The number of nitrogens with zero attached hydrogens (tertiary/aromatic N) is 1. The molecule has 1 fully saturated rings. The molecule has 0 aliphatic carbocycles. The Bertz CT molecular complexity index is 332. The van der Waals surface area contributed by atoms with Gasteiger partial charge in [-0.2, -0.15) is 0 Å². The first kappa shape index (κ1) is 11.4. The maximum absolute atomic E-state index is 5.50. The molecule has 1 aliphatic heterocycles. The summed E-state index contributed by atoms with van der Waals surface area (Å²) in [6, 6.07) is 6.62. The molecule has 3 nitrogen and oxygen atoms in total. The number of rotatable bonds is 3. The highest BCUT2D eigenvalue weighted by molar-refractivity contribution is 5.36. The van der Waals surface area contributed by atoms with Gasteiger partial charge in [0, 0.05) is 24.3 Å². The molecule has 2 heterocycles. The summed E-state index contributed by atoms with van der Waals surface area (Å²) in [7, 11) is 0. The number of hydrogen-bond donors (Lipinski definition) is 1. The molecule has 88 valence electrons. The number of aromatic nitrogens is 1.